The van der Waals surface area contributed by atoms with Crippen molar-refractivity contribution < 1.29 is 10.2 Å². The Morgan fingerprint density at radius 2 is 1.62 bits per heavy atom. The minimum Gasteiger partial charge on any atom is -0.399 e. The smallest absolute Gasteiger partial charge is 0.0916 e. The summed E-state index contributed by atoms with van der Waals surface area (Å²) in [6, 6.07) is 17.7. The van der Waals surface area contributed by atoms with Gasteiger partial charge < -0.3 is 20.8 Å². The number of hydrogen-bond acceptors (Lipinski definition) is 4. The van der Waals surface area contributed by atoms with Crippen LogP contribution in [0.1, 0.15) is 30.1 Å². The van der Waals surface area contributed by atoms with E-state index in [0.29, 0.717) is 6.54 Å². The molecule has 2 rings (SSSR count). The summed E-state index contributed by atoms with van der Waals surface area (Å²) in [5.74, 6) is 0. The second-order valence-corrected chi connectivity index (χ2v) is 6.15. The highest BCUT2D eigenvalue weighted by molar-refractivity contribution is 5.39. The van der Waals surface area contributed by atoms with Gasteiger partial charge in [-0.1, -0.05) is 42.5 Å². The minimum absolute atomic E-state index is 0.215. The van der Waals surface area contributed by atoms with E-state index in [1.807, 2.05) is 42.5 Å². The lowest BCUT2D eigenvalue weighted by Crippen LogP contribution is -2.32. The molecule has 24 heavy (non-hydrogen) atoms. The topological polar surface area (TPSA) is 69.7 Å². The minimum atomic E-state index is -0.494. The van der Waals surface area contributed by atoms with Gasteiger partial charge >= 0.3 is 0 Å². The summed E-state index contributed by atoms with van der Waals surface area (Å²) in [6.45, 7) is 2.57. The van der Waals surface area contributed by atoms with E-state index in [1.165, 1.54) is 5.56 Å². The van der Waals surface area contributed by atoms with E-state index in [1.54, 1.807) is 0 Å². The van der Waals surface area contributed by atoms with E-state index < -0.39 is 6.10 Å². The third-order valence-corrected chi connectivity index (χ3v) is 4.19. The molecule has 2 aromatic rings. The van der Waals surface area contributed by atoms with Crippen LogP contribution < -0.4 is 5.73 Å². The fourth-order valence-electron chi connectivity index (χ4n) is 2.74. The molecule has 2 aromatic carbocycles. The predicted octanol–water partition coefficient (Wildman–Crippen LogP) is 2.62. The van der Waals surface area contributed by atoms with E-state index in [9.17, 15) is 5.11 Å². The zero-order valence-corrected chi connectivity index (χ0v) is 14.1. The van der Waals surface area contributed by atoms with Crippen LogP contribution in [-0.2, 0) is 6.42 Å². The zero-order chi connectivity index (χ0) is 17.2. The SMILES string of the molecule is Nc1ccc(CCN(CCCCO)CC(O)c2ccccc2)cc1. The molecule has 4 heteroatoms. The molecule has 0 aliphatic carbocycles. The van der Waals surface area contributed by atoms with Crippen LogP contribution in [0.4, 0.5) is 5.69 Å². The summed E-state index contributed by atoms with van der Waals surface area (Å²) < 4.78 is 0. The second kappa shape index (κ2) is 10.1. The molecule has 0 fully saturated rings. The van der Waals surface area contributed by atoms with Crippen molar-refractivity contribution in [3.05, 3.63) is 65.7 Å². The Morgan fingerprint density at radius 3 is 2.29 bits per heavy atom. The Bertz CT molecular complexity index is 572. The predicted molar refractivity (Wildman–Crippen MR) is 98.7 cm³/mol. The molecule has 0 bridgehead atoms. The number of benzene rings is 2. The monoisotopic (exact) mass is 328 g/mol. The maximum Gasteiger partial charge on any atom is 0.0916 e. The third kappa shape index (κ3) is 6.32. The van der Waals surface area contributed by atoms with Gasteiger partial charge in [-0.2, -0.15) is 0 Å². The number of rotatable bonds is 10. The van der Waals surface area contributed by atoms with Crippen molar-refractivity contribution in [1.82, 2.24) is 4.90 Å². The summed E-state index contributed by atoms with van der Waals surface area (Å²) in [7, 11) is 0. The van der Waals surface area contributed by atoms with Crippen LogP contribution >= 0.6 is 0 Å². The van der Waals surface area contributed by atoms with E-state index in [-0.39, 0.29) is 6.61 Å². The van der Waals surface area contributed by atoms with E-state index >= 15 is 0 Å². The number of anilines is 1. The molecule has 0 aliphatic heterocycles. The average Bonchev–Trinajstić information content (AvgIpc) is 2.61. The quantitative estimate of drug-likeness (QED) is 0.463. The van der Waals surface area contributed by atoms with Gasteiger partial charge in [0.15, 0.2) is 0 Å². The molecule has 0 spiro atoms. The highest BCUT2D eigenvalue weighted by atomic mass is 16.3. The molecular formula is C20H28N2O2. The largest absolute Gasteiger partial charge is 0.399 e. The van der Waals surface area contributed by atoms with Crippen LogP contribution in [-0.4, -0.2) is 41.4 Å². The van der Waals surface area contributed by atoms with Gasteiger partial charge in [-0.3, -0.25) is 0 Å². The number of aliphatic hydroxyl groups is 2. The van der Waals surface area contributed by atoms with Gasteiger partial charge in [-0.05, 0) is 49.1 Å². The molecule has 4 N–H and O–H groups in total. The molecule has 4 nitrogen and oxygen atoms in total. The molecule has 0 amide bonds. The Morgan fingerprint density at radius 1 is 0.917 bits per heavy atom. The lowest BCUT2D eigenvalue weighted by molar-refractivity contribution is 0.111. The van der Waals surface area contributed by atoms with Crippen molar-refractivity contribution in [2.75, 3.05) is 32.0 Å². The number of nitrogen functional groups attached to an aromatic ring is 1. The standard InChI is InChI=1S/C20H28N2O2/c21-19-10-8-17(9-11-19)12-14-22(13-4-5-15-23)16-20(24)18-6-2-1-3-7-18/h1-3,6-11,20,23-24H,4-5,12-16,21H2. The average molecular weight is 328 g/mol. The number of nitrogens with two attached hydrogens (primary N) is 1. The summed E-state index contributed by atoms with van der Waals surface area (Å²) in [5, 5.41) is 19.5. The van der Waals surface area contributed by atoms with Gasteiger partial charge in [-0.25, -0.2) is 0 Å². The molecular weight excluding hydrogens is 300 g/mol. The molecule has 0 saturated carbocycles. The van der Waals surface area contributed by atoms with E-state index in [0.717, 1.165) is 43.6 Å². The molecule has 1 unspecified atom stereocenters. The normalized spacial score (nSPS) is 12.5. The van der Waals surface area contributed by atoms with Crippen molar-refractivity contribution in [3.63, 3.8) is 0 Å². The maximum absolute atomic E-state index is 10.5. The van der Waals surface area contributed by atoms with E-state index in [4.69, 9.17) is 10.8 Å². The Kier molecular flexibility index (Phi) is 7.75. The van der Waals surface area contributed by atoms with Crippen LogP contribution in [0.3, 0.4) is 0 Å². The number of aliphatic hydroxyl groups excluding tert-OH is 2. The molecule has 130 valence electrons. The first-order valence-corrected chi connectivity index (χ1v) is 8.59. The molecule has 1 atom stereocenters. The van der Waals surface area contributed by atoms with Crippen LogP contribution in [0.25, 0.3) is 0 Å². The van der Waals surface area contributed by atoms with Gasteiger partial charge in [-0.15, -0.1) is 0 Å². The molecule has 0 heterocycles. The fourth-order valence-corrected chi connectivity index (χ4v) is 2.74. The molecule has 0 aromatic heterocycles. The van der Waals surface area contributed by atoms with Crippen molar-refractivity contribution in [2.45, 2.75) is 25.4 Å². The third-order valence-electron chi connectivity index (χ3n) is 4.19. The van der Waals surface area contributed by atoms with Crippen molar-refractivity contribution in [2.24, 2.45) is 0 Å². The highest BCUT2D eigenvalue weighted by Gasteiger charge is 2.13. The lowest BCUT2D eigenvalue weighted by atomic mass is 10.1. The Hall–Kier alpha value is -1.88. The van der Waals surface area contributed by atoms with Crippen LogP contribution in [0.2, 0.25) is 0 Å². The molecule has 0 saturated heterocycles. The van der Waals surface area contributed by atoms with Crippen LogP contribution in [0.5, 0.6) is 0 Å². The number of nitrogens with zero attached hydrogens (tertiary/aromatic N) is 1. The van der Waals surface area contributed by atoms with Crippen molar-refractivity contribution >= 4 is 5.69 Å². The summed E-state index contributed by atoms with van der Waals surface area (Å²) in [4.78, 5) is 2.27. The second-order valence-electron chi connectivity index (χ2n) is 6.15. The zero-order valence-electron chi connectivity index (χ0n) is 14.1. The van der Waals surface area contributed by atoms with Crippen molar-refractivity contribution in [3.8, 4) is 0 Å². The summed E-state index contributed by atoms with van der Waals surface area (Å²) in [6.07, 6.45) is 2.15. The highest BCUT2D eigenvalue weighted by Crippen LogP contribution is 2.15. The lowest BCUT2D eigenvalue weighted by Gasteiger charge is -2.25. The van der Waals surface area contributed by atoms with E-state index in [2.05, 4.69) is 17.0 Å². The van der Waals surface area contributed by atoms with Crippen LogP contribution in [0.15, 0.2) is 54.6 Å². The van der Waals surface area contributed by atoms with Gasteiger partial charge in [0.25, 0.3) is 0 Å². The first kappa shape index (κ1) is 18.5. The van der Waals surface area contributed by atoms with Gasteiger partial charge in [0.2, 0.25) is 0 Å². The van der Waals surface area contributed by atoms with Crippen LogP contribution in [0, 0.1) is 0 Å². The number of hydrogen-bond donors (Lipinski definition) is 3. The van der Waals surface area contributed by atoms with Gasteiger partial charge in [0, 0.05) is 25.4 Å². The fraction of sp³-hybridized carbons (Fsp3) is 0.400. The first-order chi connectivity index (χ1) is 11.7. The van der Waals surface area contributed by atoms with Crippen molar-refractivity contribution in [1.29, 1.82) is 0 Å². The Labute approximate surface area is 144 Å². The summed E-state index contributed by atoms with van der Waals surface area (Å²) >= 11 is 0. The Balaban J connectivity index is 1.91. The molecule has 0 radical (unpaired) electrons. The first-order valence-electron chi connectivity index (χ1n) is 8.59. The maximum atomic E-state index is 10.5. The van der Waals surface area contributed by atoms with Gasteiger partial charge in [0.1, 0.15) is 0 Å². The molecule has 0 aliphatic rings. The van der Waals surface area contributed by atoms with Gasteiger partial charge in [0.05, 0.1) is 6.10 Å². The number of unbranched alkanes of at least 4 members (excludes halogenated alkanes) is 1. The summed E-state index contributed by atoms with van der Waals surface area (Å²) in [5.41, 5.74) is 8.69.